The van der Waals surface area contributed by atoms with Crippen LogP contribution in [0.2, 0.25) is 0 Å². The van der Waals surface area contributed by atoms with Crippen LogP contribution >= 0.6 is 11.3 Å². The van der Waals surface area contributed by atoms with E-state index in [-0.39, 0.29) is 10.6 Å². The molecule has 1 aliphatic rings. The first kappa shape index (κ1) is 31.4. The fourth-order valence-electron chi connectivity index (χ4n) is 4.07. The lowest BCUT2D eigenvalue weighted by atomic mass is 9.77. The van der Waals surface area contributed by atoms with Crippen LogP contribution in [0.5, 0.6) is 5.75 Å². The standard InChI is InChI=1S/C24H23F7N2O5S2/c1-3-14-6-8-18(39-14)15-12-22(24(29,30)31,32-20(34)19(15)21(35)33-40(2,36)37)16-7-5-13(11-17(16)25)38-10-4-9-23(26,27)28/h5-8,11H,3-4,9-10,12H2,1-2H3,(H,32,34)(H,33,35)/t22-/m0/s1. The first-order valence-corrected chi connectivity index (χ1v) is 14.3. The van der Waals surface area contributed by atoms with Crippen molar-refractivity contribution in [2.45, 2.75) is 50.5 Å². The van der Waals surface area contributed by atoms with Crippen molar-refractivity contribution >= 4 is 38.7 Å². The van der Waals surface area contributed by atoms with Crippen molar-refractivity contribution in [3.8, 4) is 5.75 Å². The highest BCUT2D eigenvalue weighted by molar-refractivity contribution is 7.89. The van der Waals surface area contributed by atoms with Crippen molar-refractivity contribution in [3.05, 3.63) is 57.0 Å². The monoisotopic (exact) mass is 616 g/mol. The van der Waals surface area contributed by atoms with Crippen molar-refractivity contribution in [3.63, 3.8) is 0 Å². The van der Waals surface area contributed by atoms with Crippen LogP contribution in [0, 0.1) is 5.82 Å². The third kappa shape index (κ3) is 7.13. The van der Waals surface area contributed by atoms with E-state index in [2.05, 4.69) is 0 Å². The molecule has 0 saturated heterocycles. The van der Waals surface area contributed by atoms with Crippen LogP contribution in [0.15, 0.2) is 35.9 Å². The second-order valence-corrected chi connectivity index (χ2v) is 11.8. The van der Waals surface area contributed by atoms with E-state index in [1.54, 1.807) is 23.0 Å². The molecule has 0 fully saturated rings. The van der Waals surface area contributed by atoms with E-state index >= 15 is 4.39 Å². The summed E-state index contributed by atoms with van der Waals surface area (Å²) in [5, 5.41) is 1.67. The number of nitrogens with one attached hydrogen (secondary N) is 2. The Kier molecular flexibility index (Phi) is 8.94. The molecule has 2 N–H and O–H groups in total. The first-order chi connectivity index (χ1) is 18.4. The number of halogens is 7. The maximum Gasteiger partial charge on any atom is 0.416 e. The fraction of sp³-hybridized carbons (Fsp3) is 0.417. The second kappa shape index (κ2) is 11.4. The number of benzene rings is 1. The number of hydrogen-bond acceptors (Lipinski definition) is 6. The van der Waals surface area contributed by atoms with Gasteiger partial charge in [-0.3, -0.25) is 9.59 Å². The summed E-state index contributed by atoms with van der Waals surface area (Å²) < 4.78 is 126. The third-order valence-corrected chi connectivity index (χ3v) is 7.71. The van der Waals surface area contributed by atoms with E-state index in [1.807, 2.05) is 0 Å². The van der Waals surface area contributed by atoms with Gasteiger partial charge in [0.25, 0.3) is 11.8 Å². The Bertz CT molecular complexity index is 1430. The quantitative estimate of drug-likeness (QED) is 0.235. The summed E-state index contributed by atoms with van der Waals surface area (Å²) in [4.78, 5) is 26.6. The van der Waals surface area contributed by atoms with Gasteiger partial charge >= 0.3 is 12.4 Å². The number of alkyl halides is 6. The Balaban J connectivity index is 2.09. The minimum Gasteiger partial charge on any atom is -0.493 e. The number of carbonyl (C=O) groups is 2. The summed E-state index contributed by atoms with van der Waals surface area (Å²) in [5.74, 6) is -4.86. The van der Waals surface area contributed by atoms with E-state index in [4.69, 9.17) is 4.74 Å². The number of aryl methyl sites for hydroxylation is 1. The molecule has 0 spiro atoms. The number of amides is 2. The van der Waals surface area contributed by atoms with Gasteiger partial charge in [0.05, 0.1) is 12.9 Å². The molecule has 0 saturated carbocycles. The largest absolute Gasteiger partial charge is 0.493 e. The third-order valence-electron chi connectivity index (χ3n) is 5.87. The molecular formula is C24H23F7N2O5S2. The number of ether oxygens (including phenoxy) is 1. The molecule has 0 aliphatic carbocycles. The maximum absolute atomic E-state index is 15.2. The van der Waals surface area contributed by atoms with Gasteiger partial charge in [-0.2, -0.15) is 26.3 Å². The number of carbonyl (C=O) groups excluding carboxylic acids is 2. The second-order valence-electron chi connectivity index (χ2n) is 8.92. The van der Waals surface area contributed by atoms with Crippen molar-refractivity contribution in [2.24, 2.45) is 0 Å². The predicted molar refractivity (Wildman–Crippen MR) is 131 cm³/mol. The Hall–Kier alpha value is -3.14. The number of hydrogen-bond donors (Lipinski definition) is 2. The zero-order valence-corrected chi connectivity index (χ0v) is 22.6. The van der Waals surface area contributed by atoms with E-state index in [1.165, 1.54) is 6.07 Å². The van der Waals surface area contributed by atoms with Crippen LogP contribution < -0.4 is 14.8 Å². The van der Waals surface area contributed by atoms with E-state index < -0.39 is 88.1 Å². The van der Waals surface area contributed by atoms with Gasteiger partial charge in [0.1, 0.15) is 17.1 Å². The van der Waals surface area contributed by atoms with Gasteiger partial charge in [-0.25, -0.2) is 17.5 Å². The number of thiophene rings is 1. The first-order valence-electron chi connectivity index (χ1n) is 11.6. The summed E-state index contributed by atoms with van der Waals surface area (Å²) >= 11 is 0.978. The molecule has 7 nitrogen and oxygen atoms in total. The fourth-order valence-corrected chi connectivity index (χ4v) is 5.51. The zero-order chi connectivity index (χ0) is 30.1. The molecular weight excluding hydrogens is 593 g/mol. The summed E-state index contributed by atoms with van der Waals surface area (Å²) in [6, 6.07) is 5.10. The lowest BCUT2D eigenvalue weighted by Gasteiger charge is -2.41. The average Bonchev–Trinajstić information content (AvgIpc) is 3.28. The van der Waals surface area contributed by atoms with Gasteiger partial charge < -0.3 is 10.1 Å². The molecule has 1 atom stereocenters. The predicted octanol–water partition coefficient (Wildman–Crippen LogP) is 4.98. The van der Waals surface area contributed by atoms with Crippen molar-refractivity contribution in [1.29, 1.82) is 0 Å². The molecule has 1 aliphatic heterocycles. The molecule has 3 rings (SSSR count). The Morgan fingerprint density at radius 2 is 1.82 bits per heavy atom. The molecule has 2 amide bonds. The molecule has 16 heteroatoms. The SMILES string of the molecule is CCc1ccc(C2=C(C(=O)NS(C)(=O)=O)C(=O)N[C@@](c3ccc(OCCCC(F)(F)F)cc3F)(C(F)(F)F)C2)s1. The van der Waals surface area contributed by atoms with Crippen molar-refractivity contribution < 1.29 is 53.5 Å². The minimum absolute atomic E-state index is 0.0732. The lowest BCUT2D eigenvalue weighted by molar-refractivity contribution is -0.202. The molecule has 1 aromatic carbocycles. The van der Waals surface area contributed by atoms with E-state index in [9.17, 15) is 44.3 Å². The average molecular weight is 617 g/mol. The molecule has 2 aromatic rings. The van der Waals surface area contributed by atoms with Crippen LogP contribution in [0.3, 0.4) is 0 Å². The molecule has 0 unspecified atom stereocenters. The zero-order valence-electron chi connectivity index (χ0n) is 20.9. The summed E-state index contributed by atoms with van der Waals surface area (Å²) in [7, 11) is -4.21. The highest BCUT2D eigenvalue weighted by Crippen LogP contribution is 2.50. The summed E-state index contributed by atoms with van der Waals surface area (Å²) in [6.45, 7) is 1.28. The lowest BCUT2D eigenvalue weighted by Crippen LogP contribution is -2.60. The smallest absolute Gasteiger partial charge is 0.416 e. The van der Waals surface area contributed by atoms with Crippen LogP contribution in [0.4, 0.5) is 30.7 Å². The van der Waals surface area contributed by atoms with Gasteiger partial charge in [0.15, 0.2) is 5.54 Å². The van der Waals surface area contributed by atoms with Crippen LogP contribution in [0.1, 0.15) is 41.5 Å². The highest BCUT2D eigenvalue weighted by atomic mass is 32.2. The van der Waals surface area contributed by atoms with Crippen LogP contribution in [0.25, 0.3) is 5.57 Å². The molecule has 220 valence electrons. The van der Waals surface area contributed by atoms with Gasteiger partial charge in [-0.1, -0.05) is 6.92 Å². The Morgan fingerprint density at radius 1 is 1.15 bits per heavy atom. The summed E-state index contributed by atoms with van der Waals surface area (Å²) in [6.07, 6.45) is -11.5. The van der Waals surface area contributed by atoms with Crippen LogP contribution in [-0.2, 0) is 31.6 Å². The molecule has 0 bridgehead atoms. The van der Waals surface area contributed by atoms with E-state index in [0.717, 1.165) is 17.4 Å². The van der Waals surface area contributed by atoms with Gasteiger partial charge in [0, 0.05) is 34.2 Å². The molecule has 2 heterocycles. The van der Waals surface area contributed by atoms with Crippen molar-refractivity contribution in [2.75, 3.05) is 12.9 Å². The highest BCUT2D eigenvalue weighted by Gasteiger charge is 2.61. The minimum atomic E-state index is -5.33. The Morgan fingerprint density at radius 3 is 2.35 bits per heavy atom. The Labute approximate surface area is 228 Å². The normalized spacial score (nSPS) is 18.5. The van der Waals surface area contributed by atoms with Crippen LogP contribution in [-0.4, -0.2) is 45.4 Å². The van der Waals surface area contributed by atoms with Gasteiger partial charge in [0.2, 0.25) is 10.0 Å². The number of sulfonamides is 1. The maximum atomic E-state index is 15.2. The number of rotatable bonds is 9. The van der Waals surface area contributed by atoms with Gasteiger partial charge in [-0.05, 0) is 42.7 Å². The molecule has 0 radical (unpaired) electrons. The molecule has 40 heavy (non-hydrogen) atoms. The topological polar surface area (TPSA) is 102 Å². The summed E-state index contributed by atoms with van der Waals surface area (Å²) in [5.41, 5.74) is -5.74. The van der Waals surface area contributed by atoms with Crippen molar-refractivity contribution in [1.82, 2.24) is 10.0 Å². The van der Waals surface area contributed by atoms with E-state index in [0.29, 0.717) is 29.7 Å². The molecule has 1 aromatic heterocycles. The van der Waals surface area contributed by atoms with Gasteiger partial charge in [-0.15, -0.1) is 11.3 Å².